The van der Waals surface area contributed by atoms with Gasteiger partial charge in [-0.2, -0.15) is 0 Å². The first-order valence-electron chi connectivity index (χ1n) is 9.29. The van der Waals surface area contributed by atoms with Crippen LogP contribution in [0.3, 0.4) is 0 Å². The van der Waals surface area contributed by atoms with E-state index in [0.29, 0.717) is 0 Å². The zero-order valence-electron chi connectivity index (χ0n) is 15.2. The maximum absolute atomic E-state index is 2.66. The van der Waals surface area contributed by atoms with E-state index in [9.17, 15) is 0 Å². The Morgan fingerprint density at radius 2 is 0.667 bits per heavy atom. The van der Waals surface area contributed by atoms with Crippen molar-refractivity contribution < 1.29 is 0 Å². The SMILES string of the molecule is CC[SiH](CC)c1cc([SiH](CC)CC)cc([SiH](CC)CC)c1. The summed E-state index contributed by atoms with van der Waals surface area (Å²) in [5, 5.41) is 5.39. The lowest BCUT2D eigenvalue weighted by Crippen LogP contribution is -2.43. The second kappa shape index (κ2) is 9.80. The van der Waals surface area contributed by atoms with Crippen molar-refractivity contribution in [3.8, 4) is 0 Å². The summed E-state index contributed by atoms with van der Waals surface area (Å²) >= 11 is 0. The van der Waals surface area contributed by atoms with Crippen molar-refractivity contribution in [3.63, 3.8) is 0 Å². The fraction of sp³-hybridized carbons (Fsp3) is 0.667. The van der Waals surface area contributed by atoms with Crippen molar-refractivity contribution in [1.82, 2.24) is 0 Å². The van der Waals surface area contributed by atoms with Gasteiger partial charge in [-0.1, -0.05) is 112 Å². The number of hydrogen-bond donors (Lipinski definition) is 0. The molecule has 120 valence electrons. The molecule has 0 fully saturated rings. The molecule has 0 saturated heterocycles. The summed E-state index contributed by atoms with van der Waals surface area (Å²) in [6.45, 7) is 14.5. The molecule has 0 atom stereocenters. The molecular formula is C18H36Si3. The van der Waals surface area contributed by atoms with Gasteiger partial charge in [0.25, 0.3) is 0 Å². The molecule has 0 saturated carbocycles. The van der Waals surface area contributed by atoms with E-state index < -0.39 is 26.4 Å². The zero-order valence-corrected chi connectivity index (χ0v) is 18.7. The molecule has 1 aromatic carbocycles. The number of rotatable bonds is 9. The Morgan fingerprint density at radius 3 is 0.810 bits per heavy atom. The Balaban J connectivity index is 3.30. The molecule has 0 spiro atoms. The molecule has 1 aromatic rings. The molecular weight excluding hydrogens is 300 g/mol. The summed E-state index contributed by atoms with van der Waals surface area (Å²) in [5.41, 5.74) is 0. The predicted molar refractivity (Wildman–Crippen MR) is 110 cm³/mol. The quantitative estimate of drug-likeness (QED) is 0.608. The van der Waals surface area contributed by atoms with Crippen LogP contribution in [0.25, 0.3) is 0 Å². The standard InChI is InChI=1S/C18H36Si3/c1-7-19(8-2)16-13-17(20(9-3)10-4)15-18(14-16)21(11-5)12-6/h13-15,19-21H,7-12H2,1-6H3. The summed E-state index contributed by atoms with van der Waals surface area (Å²) in [4.78, 5) is 0. The lowest BCUT2D eigenvalue weighted by molar-refractivity contribution is 1.32. The third kappa shape index (κ3) is 4.93. The number of benzene rings is 1. The van der Waals surface area contributed by atoms with Gasteiger partial charge in [0.2, 0.25) is 0 Å². The van der Waals surface area contributed by atoms with E-state index in [-0.39, 0.29) is 0 Å². The van der Waals surface area contributed by atoms with Crippen molar-refractivity contribution in [3.05, 3.63) is 18.2 Å². The van der Waals surface area contributed by atoms with E-state index in [2.05, 4.69) is 59.7 Å². The fourth-order valence-corrected chi connectivity index (χ4v) is 11.4. The molecule has 0 radical (unpaired) electrons. The molecule has 0 aliphatic carbocycles. The second-order valence-electron chi connectivity index (χ2n) is 6.47. The maximum atomic E-state index is 2.66. The third-order valence-corrected chi connectivity index (χ3v) is 15.1. The Labute approximate surface area is 138 Å². The minimum atomic E-state index is -0.689. The molecule has 0 aliphatic rings. The first kappa shape index (κ1) is 18.9. The van der Waals surface area contributed by atoms with Gasteiger partial charge in [-0.15, -0.1) is 0 Å². The van der Waals surface area contributed by atoms with E-state index >= 15 is 0 Å². The maximum Gasteiger partial charge on any atom is 0.0702 e. The van der Waals surface area contributed by atoms with Crippen LogP contribution in [0.1, 0.15) is 41.5 Å². The van der Waals surface area contributed by atoms with Crippen LogP contribution in [0.15, 0.2) is 18.2 Å². The van der Waals surface area contributed by atoms with E-state index in [4.69, 9.17) is 0 Å². The molecule has 0 unspecified atom stereocenters. The lowest BCUT2D eigenvalue weighted by atomic mass is 10.3. The van der Waals surface area contributed by atoms with Gasteiger partial charge in [0.1, 0.15) is 0 Å². The van der Waals surface area contributed by atoms with Crippen LogP contribution in [0.2, 0.25) is 36.3 Å². The lowest BCUT2D eigenvalue weighted by Gasteiger charge is -2.21. The topological polar surface area (TPSA) is 0 Å². The molecule has 0 amide bonds. The molecule has 0 aliphatic heterocycles. The van der Waals surface area contributed by atoms with Crippen LogP contribution in [-0.2, 0) is 0 Å². The first-order chi connectivity index (χ1) is 10.1. The van der Waals surface area contributed by atoms with Crippen molar-refractivity contribution in [2.75, 3.05) is 0 Å². The molecule has 0 heterocycles. The van der Waals surface area contributed by atoms with Gasteiger partial charge in [-0.25, -0.2) is 0 Å². The van der Waals surface area contributed by atoms with Gasteiger partial charge in [0, 0.05) is 0 Å². The summed E-state index contributed by atoms with van der Waals surface area (Å²) in [6, 6.07) is 16.5. The second-order valence-corrected chi connectivity index (χ2v) is 17.6. The van der Waals surface area contributed by atoms with E-state index in [1.165, 1.54) is 36.3 Å². The Kier molecular flexibility index (Phi) is 8.83. The highest BCUT2D eigenvalue weighted by Crippen LogP contribution is 2.05. The molecule has 0 aromatic heterocycles. The molecule has 1 rings (SSSR count). The smallest absolute Gasteiger partial charge is 0.0677 e. The summed E-state index contributed by atoms with van der Waals surface area (Å²) in [5.74, 6) is 0. The molecule has 0 bridgehead atoms. The zero-order chi connectivity index (χ0) is 15.8. The Hall–Kier alpha value is -0.129. The average Bonchev–Trinajstić information content (AvgIpc) is 2.51. The van der Waals surface area contributed by atoms with Crippen molar-refractivity contribution in [1.29, 1.82) is 0 Å². The van der Waals surface area contributed by atoms with E-state index in [1.807, 2.05) is 0 Å². The highest BCUT2D eigenvalue weighted by molar-refractivity contribution is 6.79. The van der Waals surface area contributed by atoms with Gasteiger partial charge in [-0.05, 0) is 0 Å². The van der Waals surface area contributed by atoms with Crippen LogP contribution in [-0.4, -0.2) is 26.4 Å². The monoisotopic (exact) mass is 336 g/mol. The van der Waals surface area contributed by atoms with Crippen LogP contribution >= 0.6 is 0 Å². The minimum absolute atomic E-state index is 0.689. The van der Waals surface area contributed by atoms with Crippen LogP contribution in [0.5, 0.6) is 0 Å². The normalized spacial score (nSPS) is 11.9. The van der Waals surface area contributed by atoms with E-state index in [1.54, 1.807) is 15.6 Å². The summed E-state index contributed by atoms with van der Waals surface area (Å²) in [6.07, 6.45) is 0. The van der Waals surface area contributed by atoms with Gasteiger partial charge in [0.15, 0.2) is 0 Å². The summed E-state index contributed by atoms with van der Waals surface area (Å²) < 4.78 is 0. The predicted octanol–water partition coefficient (Wildman–Crippen LogP) is 3.11. The summed E-state index contributed by atoms with van der Waals surface area (Å²) in [7, 11) is -2.07. The molecule has 21 heavy (non-hydrogen) atoms. The minimum Gasteiger partial charge on any atom is -0.0677 e. The third-order valence-electron chi connectivity index (χ3n) is 5.37. The van der Waals surface area contributed by atoms with E-state index in [0.717, 1.165) is 0 Å². The Bertz CT molecular complexity index is 331. The van der Waals surface area contributed by atoms with Gasteiger partial charge < -0.3 is 0 Å². The Morgan fingerprint density at radius 1 is 0.476 bits per heavy atom. The van der Waals surface area contributed by atoms with Crippen molar-refractivity contribution >= 4 is 42.0 Å². The van der Waals surface area contributed by atoms with Crippen molar-refractivity contribution in [2.24, 2.45) is 0 Å². The van der Waals surface area contributed by atoms with Crippen LogP contribution in [0, 0.1) is 0 Å². The highest BCUT2D eigenvalue weighted by atomic mass is 28.3. The molecule has 0 nitrogen and oxygen atoms in total. The highest BCUT2D eigenvalue weighted by Gasteiger charge is 2.18. The first-order valence-corrected chi connectivity index (χ1v) is 15.9. The van der Waals surface area contributed by atoms with Crippen molar-refractivity contribution in [2.45, 2.75) is 77.8 Å². The number of hydrogen-bond acceptors (Lipinski definition) is 0. The molecule has 3 heteroatoms. The largest absolute Gasteiger partial charge is 0.0702 e. The fourth-order valence-electron chi connectivity index (χ4n) is 3.69. The van der Waals surface area contributed by atoms with Gasteiger partial charge in [0.05, 0.1) is 26.4 Å². The molecule has 0 N–H and O–H groups in total. The van der Waals surface area contributed by atoms with Gasteiger partial charge in [-0.3, -0.25) is 0 Å². The van der Waals surface area contributed by atoms with Crippen LogP contribution < -0.4 is 15.6 Å². The van der Waals surface area contributed by atoms with Gasteiger partial charge >= 0.3 is 0 Å². The van der Waals surface area contributed by atoms with Crippen LogP contribution in [0.4, 0.5) is 0 Å². The average molecular weight is 337 g/mol.